The molecule has 7 heteroatoms. The first-order valence-electron chi connectivity index (χ1n) is 8.24. The summed E-state index contributed by atoms with van der Waals surface area (Å²) >= 11 is 5.91. The first kappa shape index (κ1) is 18.0. The highest BCUT2D eigenvalue weighted by molar-refractivity contribution is 7.95. The van der Waals surface area contributed by atoms with Gasteiger partial charge < -0.3 is 5.32 Å². The number of allylic oxidation sites excluding steroid dienone is 2. The molecule has 1 atom stereocenters. The van der Waals surface area contributed by atoms with Gasteiger partial charge in [-0.05, 0) is 50.5 Å². The minimum absolute atomic E-state index is 0.245. The molecule has 5 nitrogen and oxygen atoms in total. The fourth-order valence-corrected chi connectivity index (χ4v) is 5.12. The first-order valence-corrected chi connectivity index (χ1v) is 10.1. The van der Waals surface area contributed by atoms with E-state index in [1.54, 1.807) is 28.9 Å². The molecule has 1 N–H and O–H groups in total. The van der Waals surface area contributed by atoms with Crippen molar-refractivity contribution in [3.8, 4) is 0 Å². The van der Waals surface area contributed by atoms with Crippen LogP contribution in [-0.4, -0.2) is 18.2 Å². The van der Waals surface area contributed by atoms with E-state index < -0.39 is 9.84 Å². The largest absolute Gasteiger partial charge is 0.343 e. The van der Waals surface area contributed by atoms with E-state index >= 15 is 0 Å². The lowest BCUT2D eigenvalue weighted by atomic mass is 10.0. The van der Waals surface area contributed by atoms with Crippen LogP contribution >= 0.6 is 11.6 Å². The second-order valence-electron chi connectivity index (χ2n) is 6.83. The summed E-state index contributed by atoms with van der Waals surface area (Å²) in [6.07, 6.45) is 0.690. The number of fused-ring (bicyclic) bond motifs is 1. The van der Waals surface area contributed by atoms with Crippen LogP contribution in [0.5, 0.6) is 0 Å². The minimum Gasteiger partial charge on any atom is -0.343 e. The zero-order chi connectivity index (χ0) is 18.4. The number of hydrogen-bond acceptors (Lipinski definition) is 4. The summed E-state index contributed by atoms with van der Waals surface area (Å²) in [6.45, 7) is 7.88. The van der Waals surface area contributed by atoms with E-state index in [-0.39, 0.29) is 10.9 Å². The predicted octanol–water partition coefficient (Wildman–Crippen LogP) is 4.56. The smallest absolute Gasteiger partial charge is 0.206 e. The Morgan fingerprint density at radius 1 is 1.24 bits per heavy atom. The summed E-state index contributed by atoms with van der Waals surface area (Å²) in [5, 5.41) is 8.23. The van der Waals surface area contributed by atoms with Crippen molar-refractivity contribution in [1.29, 1.82) is 0 Å². The lowest BCUT2D eigenvalue weighted by molar-refractivity contribution is 0.419. The van der Waals surface area contributed by atoms with Gasteiger partial charge in [-0.1, -0.05) is 25.4 Å². The summed E-state index contributed by atoms with van der Waals surface area (Å²) in [6, 6.07) is 7.90. The molecule has 134 valence electrons. The van der Waals surface area contributed by atoms with Gasteiger partial charge in [-0.3, -0.25) is 0 Å². The minimum atomic E-state index is -3.66. The molecule has 0 radical (unpaired) electrons. The lowest BCUT2D eigenvalue weighted by Crippen LogP contribution is -2.28. The van der Waals surface area contributed by atoms with Crippen LogP contribution in [0.15, 0.2) is 45.8 Å². The first-order chi connectivity index (χ1) is 11.7. The van der Waals surface area contributed by atoms with Crippen LogP contribution in [0.3, 0.4) is 0 Å². The molecule has 0 aliphatic carbocycles. The average Bonchev–Trinajstić information content (AvgIpc) is 2.87. The fraction of sp³-hybridized carbons (Fsp3) is 0.389. The van der Waals surface area contributed by atoms with Crippen LogP contribution in [0.4, 0.5) is 5.82 Å². The quantitative estimate of drug-likeness (QED) is 0.845. The number of aryl methyl sites for hydroxylation is 1. The van der Waals surface area contributed by atoms with E-state index in [1.165, 1.54) is 0 Å². The fourth-order valence-electron chi connectivity index (χ4n) is 3.24. The van der Waals surface area contributed by atoms with Gasteiger partial charge in [0.2, 0.25) is 9.84 Å². The summed E-state index contributed by atoms with van der Waals surface area (Å²) in [5.41, 5.74) is 1.50. The molecule has 0 spiro atoms. The number of benzene rings is 1. The Bertz CT molecular complexity index is 928. The third-order valence-corrected chi connectivity index (χ3v) is 6.55. The Labute approximate surface area is 153 Å². The van der Waals surface area contributed by atoms with Crippen LogP contribution in [0, 0.1) is 12.8 Å². The van der Waals surface area contributed by atoms with Crippen LogP contribution in [-0.2, 0) is 9.84 Å². The number of halogens is 1. The standard InChI is InChI=1S/C18H22ClN3O2S/c1-11(2)9-16-18(13(4)20-17-10-12(3)21-22(16)17)25(23,24)15-7-5-14(19)6-8-15/h5-8,10-11,16,20H,9H2,1-4H3. The summed E-state index contributed by atoms with van der Waals surface area (Å²) < 4.78 is 28.5. The van der Waals surface area contributed by atoms with Crippen molar-refractivity contribution < 1.29 is 8.42 Å². The molecule has 1 aliphatic heterocycles. The van der Waals surface area contributed by atoms with Gasteiger partial charge in [-0.15, -0.1) is 0 Å². The van der Waals surface area contributed by atoms with Crippen LogP contribution < -0.4 is 5.32 Å². The van der Waals surface area contributed by atoms with Crippen molar-refractivity contribution >= 4 is 27.3 Å². The number of sulfone groups is 1. The summed E-state index contributed by atoms with van der Waals surface area (Å²) in [7, 11) is -3.66. The second-order valence-corrected chi connectivity index (χ2v) is 9.19. The number of anilines is 1. The molecule has 25 heavy (non-hydrogen) atoms. The maximum atomic E-state index is 13.3. The molecule has 0 amide bonds. The van der Waals surface area contributed by atoms with Crippen molar-refractivity contribution in [3.63, 3.8) is 0 Å². The van der Waals surface area contributed by atoms with Crippen molar-refractivity contribution in [3.05, 3.63) is 51.7 Å². The van der Waals surface area contributed by atoms with E-state index in [0.29, 0.717) is 28.0 Å². The van der Waals surface area contributed by atoms with Crippen LogP contribution in [0.1, 0.15) is 38.9 Å². The number of rotatable bonds is 4. The third kappa shape index (κ3) is 3.33. The zero-order valence-electron chi connectivity index (χ0n) is 14.7. The van der Waals surface area contributed by atoms with E-state index in [9.17, 15) is 8.42 Å². The zero-order valence-corrected chi connectivity index (χ0v) is 16.3. The highest BCUT2D eigenvalue weighted by Crippen LogP contribution is 2.40. The monoisotopic (exact) mass is 379 g/mol. The normalized spacial score (nSPS) is 17.6. The number of hydrogen-bond donors (Lipinski definition) is 1. The van der Waals surface area contributed by atoms with Gasteiger partial charge >= 0.3 is 0 Å². The van der Waals surface area contributed by atoms with Crippen molar-refractivity contribution in [2.45, 2.75) is 45.1 Å². The molecule has 0 saturated heterocycles. The van der Waals surface area contributed by atoms with E-state index in [4.69, 9.17) is 11.6 Å². The molecule has 1 aromatic heterocycles. The highest BCUT2D eigenvalue weighted by Gasteiger charge is 2.36. The van der Waals surface area contributed by atoms with Crippen LogP contribution in [0.2, 0.25) is 5.02 Å². The van der Waals surface area contributed by atoms with Gasteiger partial charge in [0.15, 0.2) is 0 Å². The molecular formula is C18H22ClN3O2S. The molecular weight excluding hydrogens is 358 g/mol. The molecule has 1 aromatic carbocycles. The van der Waals surface area contributed by atoms with Gasteiger partial charge in [0.05, 0.1) is 21.5 Å². The topological polar surface area (TPSA) is 64.0 Å². The van der Waals surface area contributed by atoms with Gasteiger partial charge in [-0.25, -0.2) is 13.1 Å². The Kier molecular flexibility index (Phi) is 4.68. The van der Waals surface area contributed by atoms with Crippen molar-refractivity contribution in [1.82, 2.24) is 9.78 Å². The molecule has 2 aromatic rings. The van der Waals surface area contributed by atoms with E-state index in [1.807, 2.05) is 19.9 Å². The lowest BCUT2D eigenvalue weighted by Gasteiger charge is -2.30. The number of nitrogens with zero attached hydrogens (tertiary/aromatic N) is 2. The van der Waals surface area contributed by atoms with Crippen molar-refractivity contribution in [2.75, 3.05) is 5.32 Å². The molecule has 0 saturated carbocycles. The maximum Gasteiger partial charge on any atom is 0.206 e. The summed E-state index contributed by atoms with van der Waals surface area (Å²) in [4.78, 5) is 0.619. The predicted molar refractivity (Wildman–Crippen MR) is 100 cm³/mol. The second kappa shape index (κ2) is 6.50. The van der Waals surface area contributed by atoms with Crippen LogP contribution in [0.25, 0.3) is 0 Å². The molecule has 0 fully saturated rings. The Morgan fingerprint density at radius 2 is 1.88 bits per heavy atom. The molecule has 3 rings (SSSR count). The summed E-state index contributed by atoms with van der Waals surface area (Å²) in [5.74, 6) is 1.15. The number of aromatic nitrogens is 2. The van der Waals surface area contributed by atoms with Gasteiger partial charge in [-0.2, -0.15) is 5.10 Å². The third-order valence-electron chi connectivity index (χ3n) is 4.25. The average molecular weight is 380 g/mol. The number of nitrogens with one attached hydrogen (secondary N) is 1. The van der Waals surface area contributed by atoms with Gasteiger partial charge in [0.25, 0.3) is 0 Å². The Balaban J connectivity index is 2.15. The van der Waals surface area contributed by atoms with E-state index in [0.717, 1.165) is 11.5 Å². The van der Waals surface area contributed by atoms with Gasteiger partial charge in [0.1, 0.15) is 5.82 Å². The highest BCUT2D eigenvalue weighted by atomic mass is 35.5. The van der Waals surface area contributed by atoms with Gasteiger partial charge in [0, 0.05) is 16.8 Å². The molecule has 1 aliphatic rings. The molecule has 2 heterocycles. The molecule has 0 bridgehead atoms. The van der Waals surface area contributed by atoms with E-state index in [2.05, 4.69) is 24.3 Å². The SMILES string of the molecule is CC1=C(S(=O)(=O)c2ccc(Cl)cc2)C(CC(C)C)n2nc(C)cc2N1. The Hall–Kier alpha value is -1.79. The Morgan fingerprint density at radius 3 is 2.48 bits per heavy atom. The maximum absolute atomic E-state index is 13.3. The van der Waals surface area contributed by atoms with Crippen molar-refractivity contribution in [2.24, 2.45) is 5.92 Å². The molecule has 1 unspecified atom stereocenters.